The van der Waals surface area contributed by atoms with Crippen molar-refractivity contribution < 1.29 is 14.3 Å². The third-order valence-corrected chi connectivity index (χ3v) is 4.63. The number of halogens is 3. The summed E-state index contributed by atoms with van der Waals surface area (Å²) in [5.41, 5.74) is 1.88. The molecule has 1 heterocycles. The largest absolute Gasteiger partial charge is 0.481 e. The number of nitrogens with zero attached hydrogens (tertiary/aromatic N) is 1. The molecule has 2 aromatic carbocycles. The number of carboxylic acid groups (broad SMARTS) is 1. The van der Waals surface area contributed by atoms with E-state index in [1.54, 1.807) is 42.5 Å². The summed E-state index contributed by atoms with van der Waals surface area (Å²) in [6, 6.07) is 12.2. The average molecular weight is 397 g/mol. The highest BCUT2D eigenvalue weighted by Gasteiger charge is 2.19. The molecule has 1 aromatic heterocycles. The zero-order valence-electron chi connectivity index (χ0n) is 12.8. The standard InChI is InChI=1S/C18H12Cl3NO3/c19-11-6-4-10(5-7-11)17-14(8-9-15(23)24)25-18(22-17)12-2-1-3-13(20)16(12)21/h1-7H,8-9H2,(H,23,24). The van der Waals surface area contributed by atoms with Crippen LogP contribution in [0.4, 0.5) is 0 Å². The van der Waals surface area contributed by atoms with Crippen LogP contribution in [0.3, 0.4) is 0 Å². The quantitative estimate of drug-likeness (QED) is 0.575. The SMILES string of the molecule is O=C(O)CCc1oc(-c2cccc(Cl)c2Cl)nc1-c1ccc(Cl)cc1. The number of aliphatic carboxylic acids is 1. The Labute approximate surface area is 159 Å². The highest BCUT2D eigenvalue weighted by Crippen LogP contribution is 2.36. The second kappa shape index (κ2) is 7.48. The van der Waals surface area contributed by atoms with E-state index < -0.39 is 5.97 Å². The van der Waals surface area contributed by atoms with E-state index >= 15 is 0 Å². The molecule has 25 heavy (non-hydrogen) atoms. The Morgan fingerprint density at radius 2 is 1.80 bits per heavy atom. The van der Waals surface area contributed by atoms with E-state index in [9.17, 15) is 4.79 Å². The monoisotopic (exact) mass is 395 g/mol. The van der Waals surface area contributed by atoms with E-state index in [4.69, 9.17) is 44.3 Å². The van der Waals surface area contributed by atoms with Crippen LogP contribution in [-0.2, 0) is 11.2 Å². The molecule has 0 saturated heterocycles. The molecule has 3 aromatic rings. The predicted octanol–water partition coefficient (Wildman–Crippen LogP) is 5.99. The number of carbonyl (C=O) groups is 1. The van der Waals surface area contributed by atoms with Crippen molar-refractivity contribution in [2.45, 2.75) is 12.8 Å². The number of carboxylic acids is 1. The third kappa shape index (κ3) is 3.98. The smallest absolute Gasteiger partial charge is 0.303 e. The number of aryl methyl sites for hydroxylation is 1. The van der Waals surface area contributed by atoms with Crippen molar-refractivity contribution in [3.05, 3.63) is 63.3 Å². The van der Waals surface area contributed by atoms with Crippen molar-refractivity contribution >= 4 is 40.8 Å². The van der Waals surface area contributed by atoms with Crippen molar-refractivity contribution in [3.63, 3.8) is 0 Å². The maximum Gasteiger partial charge on any atom is 0.303 e. The molecule has 0 fully saturated rings. The minimum atomic E-state index is -0.916. The van der Waals surface area contributed by atoms with Crippen molar-refractivity contribution in [2.24, 2.45) is 0 Å². The number of oxazole rings is 1. The Hall–Kier alpha value is -2.01. The van der Waals surface area contributed by atoms with Gasteiger partial charge in [-0.2, -0.15) is 0 Å². The third-order valence-electron chi connectivity index (χ3n) is 3.56. The van der Waals surface area contributed by atoms with Gasteiger partial charge in [-0.3, -0.25) is 4.79 Å². The van der Waals surface area contributed by atoms with E-state index in [0.717, 1.165) is 5.56 Å². The summed E-state index contributed by atoms with van der Waals surface area (Å²) in [6.45, 7) is 0. The number of hydrogen-bond acceptors (Lipinski definition) is 3. The fraction of sp³-hybridized carbons (Fsp3) is 0.111. The average Bonchev–Trinajstić information content (AvgIpc) is 3.00. The molecule has 0 bridgehead atoms. The van der Waals surface area contributed by atoms with Crippen LogP contribution in [-0.4, -0.2) is 16.1 Å². The summed E-state index contributed by atoms with van der Waals surface area (Å²) >= 11 is 18.2. The van der Waals surface area contributed by atoms with Gasteiger partial charge in [-0.15, -0.1) is 0 Å². The zero-order chi connectivity index (χ0) is 18.0. The summed E-state index contributed by atoms with van der Waals surface area (Å²) in [5.74, 6) is -0.158. The number of benzene rings is 2. The van der Waals surface area contributed by atoms with E-state index in [2.05, 4.69) is 4.98 Å². The van der Waals surface area contributed by atoms with Crippen molar-refractivity contribution in [3.8, 4) is 22.7 Å². The minimum Gasteiger partial charge on any atom is -0.481 e. The molecule has 0 amide bonds. The van der Waals surface area contributed by atoms with Crippen molar-refractivity contribution in [1.29, 1.82) is 0 Å². The van der Waals surface area contributed by atoms with Gasteiger partial charge in [0.1, 0.15) is 11.5 Å². The Kier molecular flexibility index (Phi) is 5.33. The van der Waals surface area contributed by atoms with E-state index in [-0.39, 0.29) is 18.7 Å². The molecule has 0 saturated carbocycles. The highest BCUT2D eigenvalue weighted by atomic mass is 35.5. The molecular weight excluding hydrogens is 385 g/mol. The molecule has 4 nitrogen and oxygen atoms in total. The van der Waals surface area contributed by atoms with Gasteiger partial charge in [0.05, 0.1) is 22.0 Å². The van der Waals surface area contributed by atoms with Gasteiger partial charge in [0, 0.05) is 17.0 Å². The van der Waals surface area contributed by atoms with Crippen LogP contribution in [0.5, 0.6) is 0 Å². The maximum atomic E-state index is 10.9. The summed E-state index contributed by atoms with van der Waals surface area (Å²) in [7, 11) is 0. The Morgan fingerprint density at radius 1 is 1.08 bits per heavy atom. The Balaban J connectivity index is 2.09. The van der Waals surface area contributed by atoms with E-state index in [1.807, 2.05) is 0 Å². The molecular formula is C18H12Cl3NO3. The first-order valence-electron chi connectivity index (χ1n) is 7.37. The normalized spacial score (nSPS) is 10.8. The summed E-state index contributed by atoms with van der Waals surface area (Å²) in [6.07, 6.45) is 0.136. The molecule has 0 spiro atoms. The Bertz CT molecular complexity index is 920. The molecule has 3 rings (SSSR count). The minimum absolute atomic E-state index is 0.0709. The van der Waals surface area contributed by atoms with Crippen molar-refractivity contribution in [2.75, 3.05) is 0 Å². The lowest BCUT2D eigenvalue weighted by molar-refractivity contribution is -0.137. The first kappa shape index (κ1) is 17.8. The van der Waals surface area contributed by atoms with Crippen LogP contribution in [0.25, 0.3) is 22.7 Å². The summed E-state index contributed by atoms with van der Waals surface area (Å²) in [4.78, 5) is 15.4. The van der Waals surface area contributed by atoms with Crippen molar-refractivity contribution in [1.82, 2.24) is 4.98 Å². The van der Waals surface area contributed by atoms with Gasteiger partial charge in [0.15, 0.2) is 0 Å². The lowest BCUT2D eigenvalue weighted by Crippen LogP contribution is -1.97. The lowest BCUT2D eigenvalue weighted by Gasteiger charge is -2.00. The molecule has 0 radical (unpaired) electrons. The molecule has 0 aliphatic carbocycles. The van der Waals surface area contributed by atoms with Gasteiger partial charge in [-0.1, -0.05) is 53.0 Å². The maximum absolute atomic E-state index is 10.9. The zero-order valence-corrected chi connectivity index (χ0v) is 15.1. The molecule has 7 heteroatoms. The van der Waals surface area contributed by atoms with Crippen LogP contribution in [0.15, 0.2) is 46.9 Å². The highest BCUT2D eigenvalue weighted by molar-refractivity contribution is 6.43. The predicted molar refractivity (Wildman–Crippen MR) is 98.4 cm³/mol. The van der Waals surface area contributed by atoms with Gasteiger partial charge in [0.2, 0.25) is 5.89 Å². The first-order chi connectivity index (χ1) is 12.0. The van der Waals surface area contributed by atoms with Crippen LogP contribution in [0, 0.1) is 0 Å². The topological polar surface area (TPSA) is 63.3 Å². The van der Waals surface area contributed by atoms with Crippen LogP contribution >= 0.6 is 34.8 Å². The molecule has 0 aliphatic rings. The van der Waals surface area contributed by atoms with E-state index in [1.165, 1.54) is 0 Å². The van der Waals surface area contributed by atoms with Gasteiger partial charge in [0.25, 0.3) is 0 Å². The molecule has 128 valence electrons. The molecule has 0 atom stereocenters. The van der Waals surface area contributed by atoms with Gasteiger partial charge in [-0.05, 0) is 24.3 Å². The summed E-state index contributed by atoms with van der Waals surface area (Å²) in [5, 5.41) is 10.3. The lowest BCUT2D eigenvalue weighted by atomic mass is 10.1. The van der Waals surface area contributed by atoms with Crippen LogP contribution in [0.1, 0.15) is 12.2 Å². The second-order valence-corrected chi connectivity index (χ2v) is 6.51. The second-order valence-electron chi connectivity index (χ2n) is 5.29. The number of rotatable bonds is 5. The van der Waals surface area contributed by atoms with Crippen LogP contribution in [0.2, 0.25) is 15.1 Å². The van der Waals surface area contributed by atoms with E-state index in [0.29, 0.717) is 32.1 Å². The van der Waals surface area contributed by atoms with Gasteiger partial charge >= 0.3 is 5.97 Å². The first-order valence-corrected chi connectivity index (χ1v) is 8.51. The molecule has 1 N–H and O–H groups in total. The fourth-order valence-electron chi connectivity index (χ4n) is 2.36. The Morgan fingerprint density at radius 3 is 2.48 bits per heavy atom. The van der Waals surface area contributed by atoms with Gasteiger partial charge in [-0.25, -0.2) is 4.98 Å². The fourth-order valence-corrected chi connectivity index (χ4v) is 2.87. The summed E-state index contributed by atoms with van der Waals surface area (Å²) < 4.78 is 5.82. The van der Waals surface area contributed by atoms with Crippen LogP contribution < -0.4 is 0 Å². The van der Waals surface area contributed by atoms with Gasteiger partial charge < -0.3 is 9.52 Å². The number of hydrogen-bond donors (Lipinski definition) is 1. The molecule has 0 aliphatic heterocycles. The molecule has 0 unspecified atom stereocenters. The number of aromatic nitrogens is 1.